The summed E-state index contributed by atoms with van der Waals surface area (Å²) >= 11 is 0. The summed E-state index contributed by atoms with van der Waals surface area (Å²) in [5, 5.41) is 2.66. The zero-order valence-electron chi connectivity index (χ0n) is 25.2. The van der Waals surface area contributed by atoms with Crippen molar-refractivity contribution in [1.82, 2.24) is 20.1 Å². The predicted octanol–water partition coefficient (Wildman–Crippen LogP) is 3.64. The highest BCUT2D eigenvalue weighted by molar-refractivity contribution is 6.36. The Morgan fingerprint density at radius 2 is 1.57 bits per heavy atom. The van der Waals surface area contributed by atoms with Gasteiger partial charge in [-0.25, -0.2) is 4.79 Å². The van der Waals surface area contributed by atoms with Crippen LogP contribution in [0.5, 0.6) is 0 Å². The number of carbonyl (C=O) groups excluding carboxylic acids is 5. The average Bonchev–Trinajstić information content (AvgIpc) is 3.01. The highest BCUT2D eigenvalue weighted by Crippen LogP contribution is 2.31. The number of esters is 1. The molecule has 3 aromatic rings. The number of benzene rings is 2. The second-order valence-corrected chi connectivity index (χ2v) is 11.1. The maximum atomic E-state index is 14.1. The lowest BCUT2D eigenvalue weighted by atomic mass is 9.96. The van der Waals surface area contributed by atoms with Crippen LogP contribution in [-0.2, 0) is 30.3 Å². The van der Waals surface area contributed by atoms with Gasteiger partial charge >= 0.3 is 5.97 Å². The van der Waals surface area contributed by atoms with Crippen molar-refractivity contribution in [2.45, 2.75) is 52.3 Å². The number of pyridine rings is 1. The van der Waals surface area contributed by atoms with Crippen molar-refractivity contribution in [2.24, 2.45) is 5.92 Å². The number of rotatable bonds is 11. The Bertz CT molecular complexity index is 1520. The van der Waals surface area contributed by atoms with E-state index in [2.05, 4.69) is 10.3 Å². The fourth-order valence-corrected chi connectivity index (χ4v) is 4.97. The van der Waals surface area contributed by atoms with E-state index in [1.165, 1.54) is 16.0 Å². The maximum Gasteiger partial charge on any atom is 0.377 e. The van der Waals surface area contributed by atoms with E-state index in [4.69, 9.17) is 4.74 Å². The summed E-state index contributed by atoms with van der Waals surface area (Å²) in [6.07, 6.45) is 4.11. The zero-order valence-corrected chi connectivity index (χ0v) is 25.2. The number of amides is 3. The third-order valence-corrected chi connectivity index (χ3v) is 6.99. The third-order valence-electron chi connectivity index (χ3n) is 6.99. The topological polar surface area (TPSA) is 126 Å². The lowest BCUT2D eigenvalue weighted by Gasteiger charge is -2.41. The Morgan fingerprint density at radius 1 is 0.909 bits per heavy atom. The van der Waals surface area contributed by atoms with Crippen molar-refractivity contribution < 1.29 is 28.7 Å². The maximum absolute atomic E-state index is 14.1. The first-order valence-electron chi connectivity index (χ1n) is 14.5. The summed E-state index contributed by atoms with van der Waals surface area (Å²) in [7, 11) is 0. The number of carbonyl (C=O) groups is 5. The van der Waals surface area contributed by atoms with Gasteiger partial charge in [-0.05, 0) is 43.0 Å². The number of Topliss-reactive ketones (excluding diaryl/α,β-unsaturated/α-hetero) is 1. The highest BCUT2D eigenvalue weighted by Gasteiger charge is 2.41. The van der Waals surface area contributed by atoms with E-state index in [0.717, 1.165) is 5.56 Å². The molecule has 1 aliphatic heterocycles. The molecule has 4 rings (SSSR count). The van der Waals surface area contributed by atoms with E-state index in [-0.39, 0.29) is 12.3 Å². The van der Waals surface area contributed by atoms with E-state index < -0.39 is 54.2 Å². The van der Waals surface area contributed by atoms with Gasteiger partial charge < -0.3 is 15.0 Å². The van der Waals surface area contributed by atoms with Crippen molar-refractivity contribution in [1.29, 1.82) is 0 Å². The molecule has 0 saturated heterocycles. The lowest BCUT2D eigenvalue weighted by Crippen LogP contribution is -2.57. The number of ether oxygens (including phenoxy) is 1. The molecule has 0 radical (unpaired) electrons. The molecule has 0 aliphatic carbocycles. The number of aromatic nitrogens is 1. The van der Waals surface area contributed by atoms with Gasteiger partial charge in [0.25, 0.3) is 17.6 Å². The van der Waals surface area contributed by atoms with Crippen LogP contribution in [0.4, 0.5) is 0 Å². The Morgan fingerprint density at radius 3 is 2.16 bits per heavy atom. The van der Waals surface area contributed by atoms with Crippen LogP contribution in [0.25, 0.3) is 5.70 Å². The molecule has 44 heavy (non-hydrogen) atoms. The first-order valence-corrected chi connectivity index (χ1v) is 14.5. The van der Waals surface area contributed by atoms with Crippen LogP contribution < -0.4 is 5.32 Å². The lowest BCUT2D eigenvalue weighted by molar-refractivity contribution is -0.157. The van der Waals surface area contributed by atoms with Gasteiger partial charge in [0.05, 0.1) is 17.4 Å². The van der Waals surface area contributed by atoms with Gasteiger partial charge in [0.1, 0.15) is 18.6 Å². The smallest absolute Gasteiger partial charge is 0.377 e. The molecule has 0 fully saturated rings. The average molecular weight is 597 g/mol. The molecule has 3 amide bonds. The van der Waals surface area contributed by atoms with Crippen molar-refractivity contribution in [3.05, 3.63) is 108 Å². The Hall–Kier alpha value is -5.12. The number of nitrogens with zero attached hydrogens (tertiary/aromatic N) is 3. The zero-order chi connectivity index (χ0) is 31.8. The molecule has 1 aliphatic rings. The molecule has 1 aromatic heterocycles. The van der Waals surface area contributed by atoms with Gasteiger partial charge in [-0.15, -0.1) is 0 Å². The van der Waals surface area contributed by atoms with Gasteiger partial charge in [0.15, 0.2) is 0 Å². The Labute approximate surface area is 256 Å². The number of hydrogen-bond donors (Lipinski definition) is 1. The van der Waals surface area contributed by atoms with Gasteiger partial charge in [0.2, 0.25) is 5.91 Å². The summed E-state index contributed by atoms with van der Waals surface area (Å²) in [6.45, 7) is 6.45. The summed E-state index contributed by atoms with van der Waals surface area (Å²) in [5.74, 6) is -3.77. The molecule has 2 heterocycles. The van der Waals surface area contributed by atoms with Crippen LogP contribution in [0.2, 0.25) is 0 Å². The van der Waals surface area contributed by atoms with E-state index in [0.29, 0.717) is 16.8 Å². The molecule has 228 valence electrons. The van der Waals surface area contributed by atoms with Gasteiger partial charge in [-0.1, -0.05) is 74.5 Å². The largest absolute Gasteiger partial charge is 0.457 e. The summed E-state index contributed by atoms with van der Waals surface area (Å²) in [6, 6.07) is 19.0. The fraction of sp³-hybridized carbons (Fsp3) is 0.294. The SMILES string of the molecule is CC(C)OC(=O)C(=O)[C@H](Cc1ccccc1)NC(=O)CN1C(=O)C(C(C)C)N(C(=O)c2cccnc2)C=C1c1ccccc1. The molecule has 2 atom stereocenters. The van der Waals surface area contributed by atoms with Crippen LogP contribution in [0, 0.1) is 5.92 Å². The molecule has 2 aromatic carbocycles. The van der Waals surface area contributed by atoms with Gasteiger partial charge in [-0.2, -0.15) is 0 Å². The summed E-state index contributed by atoms with van der Waals surface area (Å²) < 4.78 is 5.11. The minimum Gasteiger partial charge on any atom is -0.457 e. The van der Waals surface area contributed by atoms with E-state index in [9.17, 15) is 24.0 Å². The second-order valence-electron chi connectivity index (χ2n) is 11.1. The predicted molar refractivity (Wildman–Crippen MR) is 163 cm³/mol. The minimum absolute atomic E-state index is 0.0515. The van der Waals surface area contributed by atoms with Gasteiger partial charge in [-0.3, -0.25) is 29.1 Å². The molecule has 1 unspecified atom stereocenters. The van der Waals surface area contributed by atoms with E-state index in [1.54, 1.807) is 86.9 Å². The number of nitrogens with one attached hydrogen (secondary N) is 1. The van der Waals surface area contributed by atoms with E-state index >= 15 is 0 Å². The minimum atomic E-state index is -1.22. The first-order chi connectivity index (χ1) is 21.1. The van der Waals surface area contributed by atoms with E-state index in [1.807, 2.05) is 26.0 Å². The monoisotopic (exact) mass is 596 g/mol. The fourth-order valence-electron chi connectivity index (χ4n) is 4.97. The standard InChI is InChI=1S/C34H36N4O6/c1-22(2)30-33(42)37(28(25-14-9-6-10-15-25)20-38(30)32(41)26-16-11-17-35-19-26)21-29(39)36-27(18-24-12-7-5-8-13-24)31(40)34(43)44-23(3)4/h5-17,19-20,22-23,27,30H,18,21H2,1-4H3,(H,36,39)/t27-,30?/m0/s1. The van der Waals surface area contributed by atoms with Crippen LogP contribution in [0.15, 0.2) is 91.4 Å². The quantitative estimate of drug-likeness (QED) is 0.265. The number of ketones is 1. The summed E-state index contributed by atoms with van der Waals surface area (Å²) in [4.78, 5) is 73.7. The van der Waals surface area contributed by atoms with Crippen LogP contribution in [-0.4, -0.2) is 69.0 Å². The highest BCUT2D eigenvalue weighted by atomic mass is 16.5. The number of hydrogen-bond acceptors (Lipinski definition) is 7. The third kappa shape index (κ3) is 7.63. The normalized spacial score (nSPS) is 15.5. The molecule has 0 spiro atoms. The first kappa shape index (κ1) is 31.8. The van der Waals surface area contributed by atoms with Crippen molar-refractivity contribution in [3.63, 3.8) is 0 Å². The van der Waals surface area contributed by atoms with Crippen molar-refractivity contribution in [2.75, 3.05) is 6.54 Å². The molecule has 10 nitrogen and oxygen atoms in total. The van der Waals surface area contributed by atoms with Crippen LogP contribution >= 0.6 is 0 Å². The van der Waals surface area contributed by atoms with Gasteiger partial charge in [0, 0.05) is 25.0 Å². The Kier molecular flexibility index (Phi) is 10.4. The molecular formula is C34H36N4O6. The van der Waals surface area contributed by atoms with Crippen molar-refractivity contribution in [3.8, 4) is 0 Å². The van der Waals surface area contributed by atoms with Crippen LogP contribution in [0.1, 0.15) is 49.2 Å². The summed E-state index contributed by atoms with van der Waals surface area (Å²) in [5.41, 5.74) is 1.99. The molecule has 10 heteroatoms. The molecule has 0 saturated carbocycles. The van der Waals surface area contributed by atoms with Crippen LogP contribution in [0.3, 0.4) is 0 Å². The Balaban J connectivity index is 1.67. The van der Waals surface area contributed by atoms with Crippen molar-refractivity contribution >= 4 is 35.2 Å². The molecule has 1 N–H and O–H groups in total. The second kappa shape index (κ2) is 14.4. The molecular weight excluding hydrogens is 560 g/mol. The molecule has 0 bridgehead atoms.